The van der Waals surface area contributed by atoms with E-state index in [1.54, 1.807) is 24.3 Å². The summed E-state index contributed by atoms with van der Waals surface area (Å²) in [4.78, 5) is 21.9. The Morgan fingerprint density at radius 3 is 2.73 bits per heavy atom. The maximum Gasteiger partial charge on any atom is 0.247 e. The van der Waals surface area contributed by atoms with Crippen LogP contribution in [0, 0.1) is 11.8 Å². The Balaban J connectivity index is 2.26. The molecule has 15 heavy (non-hydrogen) atoms. The number of amides is 1. The van der Waals surface area contributed by atoms with E-state index in [-0.39, 0.29) is 24.2 Å². The van der Waals surface area contributed by atoms with Crippen molar-refractivity contribution in [3.63, 3.8) is 0 Å². The molecular weight excluding hydrogens is 196 g/mol. The van der Waals surface area contributed by atoms with Crippen molar-refractivity contribution < 1.29 is 14.7 Å². The quantitative estimate of drug-likeness (QED) is 0.625. The van der Waals surface area contributed by atoms with Crippen molar-refractivity contribution in [1.29, 1.82) is 0 Å². The van der Waals surface area contributed by atoms with E-state index >= 15 is 0 Å². The van der Waals surface area contributed by atoms with Gasteiger partial charge in [-0.2, -0.15) is 5.10 Å². The van der Waals surface area contributed by atoms with E-state index in [0.29, 0.717) is 5.71 Å². The Kier molecular flexibility index (Phi) is 2.37. The number of rotatable bonds is 2. The maximum absolute atomic E-state index is 11.4. The summed E-state index contributed by atoms with van der Waals surface area (Å²) in [6.45, 7) is 0. The molecule has 0 saturated carbocycles. The average Bonchev–Trinajstić information content (AvgIpc) is 2.22. The smallest absolute Gasteiger partial charge is 0.247 e. The monoisotopic (exact) mass is 205 g/mol. The highest BCUT2D eigenvalue weighted by Crippen LogP contribution is 2.25. The molecule has 2 atom stereocenters. The molecule has 5 heteroatoms. The molecule has 2 aliphatic rings. The Morgan fingerprint density at radius 1 is 1.40 bits per heavy atom. The fourth-order valence-electron chi connectivity index (χ4n) is 1.76. The van der Waals surface area contributed by atoms with E-state index in [9.17, 15) is 14.7 Å². The standard InChI is InChI=1S/C10H10N2O3/c13-9(14)5-8-6-3-1-2-4-7(6)10(15)12-11-8/h1-4,6-7H,5H2,(H,12,15)(H,13,14)/p-1/t6-,7-/m1/s1. The molecule has 1 aliphatic carbocycles. The minimum absolute atomic E-state index is 0.206. The second-order valence-corrected chi connectivity index (χ2v) is 3.45. The Labute approximate surface area is 86.2 Å². The van der Waals surface area contributed by atoms with Crippen molar-refractivity contribution in [1.82, 2.24) is 5.43 Å². The lowest BCUT2D eigenvalue weighted by molar-refractivity contribution is -0.303. The summed E-state index contributed by atoms with van der Waals surface area (Å²) in [5.74, 6) is -1.99. The van der Waals surface area contributed by atoms with Crippen molar-refractivity contribution in [3.05, 3.63) is 24.3 Å². The maximum atomic E-state index is 11.4. The molecule has 0 aromatic rings. The number of allylic oxidation sites excluding steroid dienone is 3. The van der Waals surface area contributed by atoms with E-state index in [1.165, 1.54) is 0 Å². The van der Waals surface area contributed by atoms with Gasteiger partial charge < -0.3 is 9.90 Å². The molecule has 0 unspecified atom stereocenters. The van der Waals surface area contributed by atoms with Crippen molar-refractivity contribution in [2.45, 2.75) is 6.42 Å². The van der Waals surface area contributed by atoms with Crippen LogP contribution >= 0.6 is 0 Å². The SMILES string of the molecule is O=C([O-])CC1=NNC(=O)[C@@H]2C=CC=C[C@@H]12. The minimum Gasteiger partial charge on any atom is -0.550 e. The number of carboxylic acids is 1. The summed E-state index contributed by atoms with van der Waals surface area (Å²) in [5.41, 5.74) is 2.74. The van der Waals surface area contributed by atoms with Gasteiger partial charge in [-0.05, 0) is 0 Å². The summed E-state index contributed by atoms with van der Waals surface area (Å²) in [6, 6.07) is 0. The number of nitrogens with zero attached hydrogens (tertiary/aromatic N) is 1. The number of hydrogen-bond acceptors (Lipinski definition) is 4. The van der Waals surface area contributed by atoms with E-state index in [4.69, 9.17) is 0 Å². The largest absolute Gasteiger partial charge is 0.550 e. The summed E-state index contributed by atoms with van der Waals surface area (Å²) in [7, 11) is 0. The first kappa shape index (κ1) is 9.64. The van der Waals surface area contributed by atoms with Crippen LogP contribution in [-0.2, 0) is 9.59 Å². The number of carboxylic acid groups (broad SMARTS) is 1. The lowest BCUT2D eigenvalue weighted by atomic mass is 9.82. The lowest BCUT2D eigenvalue weighted by Gasteiger charge is -2.28. The van der Waals surface area contributed by atoms with Gasteiger partial charge in [-0.3, -0.25) is 4.79 Å². The van der Waals surface area contributed by atoms with Gasteiger partial charge in [0.25, 0.3) is 0 Å². The molecule has 0 fully saturated rings. The zero-order chi connectivity index (χ0) is 10.8. The summed E-state index contributed by atoms with van der Waals surface area (Å²) >= 11 is 0. The van der Waals surface area contributed by atoms with Crippen molar-refractivity contribution in [3.8, 4) is 0 Å². The van der Waals surface area contributed by atoms with E-state index in [1.807, 2.05) is 0 Å². The summed E-state index contributed by atoms with van der Waals surface area (Å²) in [5, 5.41) is 14.2. The molecule has 1 N–H and O–H groups in total. The first-order valence-electron chi connectivity index (χ1n) is 4.59. The van der Waals surface area contributed by atoms with Crippen LogP contribution in [-0.4, -0.2) is 17.6 Å². The lowest BCUT2D eigenvalue weighted by Crippen LogP contribution is -2.42. The molecule has 0 radical (unpaired) electrons. The Morgan fingerprint density at radius 2 is 2.07 bits per heavy atom. The van der Waals surface area contributed by atoms with Crippen LogP contribution < -0.4 is 10.5 Å². The van der Waals surface area contributed by atoms with Gasteiger partial charge in [0.15, 0.2) is 0 Å². The molecule has 0 aromatic carbocycles. The zero-order valence-corrected chi connectivity index (χ0v) is 7.84. The van der Waals surface area contributed by atoms with Crippen LogP contribution in [0.3, 0.4) is 0 Å². The summed E-state index contributed by atoms with van der Waals surface area (Å²) in [6.07, 6.45) is 6.82. The highest BCUT2D eigenvalue weighted by atomic mass is 16.4. The molecule has 5 nitrogen and oxygen atoms in total. The van der Waals surface area contributed by atoms with Crippen LogP contribution in [0.25, 0.3) is 0 Å². The summed E-state index contributed by atoms with van der Waals surface area (Å²) < 4.78 is 0. The van der Waals surface area contributed by atoms with Gasteiger partial charge in [-0.15, -0.1) is 0 Å². The number of nitrogens with one attached hydrogen (secondary N) is 1. The van der Waals surface area contributed by atoms with Gasteiger partial charge in [0, 0.05) is 18.3 Å². The predicted octanol–water partition coefficient (Wildman–Crippen LogP) is -1.03. The fourth-order valence-corrected chi connectivity index (χ4v) is 1.76. The highest BCUT2D eigenvalue weighted by molar-refractivity contribution is 6.04. The van der Waals surface area contributed by atoms with Crippen LogP contribution in [0.1, 0.15) is 6.42 Å². The molecule has 78 valence electrons. The number of hydrazone groups is 1. The third-order valence-electron chi connectivity index (χ3n) is 2.46. The van der Waals surface area contributed by atoms with Gasteiger partial charge in [-0.25, -0.2) is 5.43 Å². The fraction of sp³-hybridized carbons (Fsp3) is 0.300. The molecular formula is C10H9N2O3-. The minimum atomic E-state index is -1.19. The molecule has 0 aromatic heterocycles. The number of fused-ring (bicyclic) bond motifs is 1. The number of carbonyl (C=O) groups excluding carboxylic acids is 2. The number of carbonyl (C=O) groups is 2. The van der Waals surface area contributed by atoms with E-state index < -0.39 is 5.97 Å². The van der Waals surface area contributed by atoms with Gasteiger partial charge in [0.2, 0.25) is 5.91 Å². The highest BCUT2D eigenvalue weighted by Gasteiger charge is 2.32. The Bertz CT molecular complexity index is 395. The molecule has 1 amide bonds. The Hall–Kier alpha value is -1.91. The van der Waals surface area contributed by atoms with Crippen molar-refractivity contribution in [2.24, 2.45) is 16.9 Å². The molecule has 1 aliphatic heterocycles. The van der Waals surface area contributed by atoms with Gasteiger partial charge >= 0.3 is 0 Å². The normalized spacial score (nSPS) is 28.0. The molecule has 0 saturated heterocycles. The molecule has 0 spiro atoms. The van der Waals surface area contributed by atoms with E-state index in [2.05, 4.69) is 10.5 Å². The van der Waals surface area contributed by atoms with Crippen LogP contribution in [0.15, 0.2) is 29.4 Å². The van der Waals surface area contributed by atoms with Crippen LogP contribution in [0.5, 0.6) is 0 Å². The van der Waals surface area contributed by atoms with Gasteiger partial charge in [0.05, 0.1) is 11.6 Å². The molecule has 1 heterocycles. The van der Waals surface area contributed by atoms with Crippen molar-refractivity contribution >= 4 is 17.6 Å². The van der Waals surface area contributed by atoms with E-state index in [0.717, 1.165) is 0 Å². The van der Waals surface area contributed by atoms with Gasteiger partial charge in [0.1, 0.15) is 0 Å². The van der Waals surface area contributed by atoms with Crippen LogP contribution in [0.2, 0.25) is 0 Å². The second kappa shape index (κ2) is 3.68. The first-order valence-corrected chi connectivity index (χ1v) is 4.59. The molecule has 0 bridgehead atoms. The first-order chi connectivity index (χ1) is 7.18. The zero-order valence-electron chi connectivity index (χ0n) is 7.84. The third-order valence-corrected chi connectivity index (χ3v) is 2.46. The van der Waals surface area contributed by atoms with Crippen molar-refractivity contribution in [2.75, 3.05) is 0 Å². The van der Waals surface area contributed by atoms with Crippen LogP contribution in [0.4, 0.5) is 0 Å². The predicted molar refractivity (Wildman–Crippen MR) is 50.5 cm³/mol. The molecule has 2 rings (SSSR count). The number of hydrogen-bond donors (Lipinski definition) is 1. The van der Waals surface area contributed by atoms with Gasteiger partial charge in [-0.1, -0.05) is 24.3 Å². The second-order valence-electron chi connectivity index (χ2n) is 3.45. The third kappa shape index (κ3) is 1.81. The topological polar surface area (TPSA) is 81.6 Å². The average molecular weight is 205 g/mol. The number of aliphatic carboxylic acids is 1.